The molecule has 6 heteroatoms. The summed E-state index contributed by atoms with van der Waals surface area (Å²) >= 11 is 0. The Morgan fingerprint density at radius 1 is 0.944 bits per heavy atom. The van der Waals surface area contributed by atoms with Gasteiger partial charge in [-0.05, 0) is 36.6 Å². The summed E-state index contributed by atoms with van der Waals surface area (Å²) in [6.45, 7) is 6.19. The van der Waals surface area contributed by atoms with E-state index in [2.05, 4.69) is 13.8 Å². The van der Waals surface area contributed by atoms with E-state index in [-0.39, 0.29) is 11.8 Å². The summed E-state index contributed by atoms with van der Waals surface area (Å²) in [4.78, 5) is 20.2. The van der Waals surface area contributed by atoms with Crippen molar-refractivity contribution in [1.29, 1.82) is 0 Å². The van der Waals surface area contributed by atoms with Gasteiger partial charge in [-0.25, -0.2) is 4.98 Å². The van der Waals surface area contributed by atoms with Crippen LogP contribution in [0.25, 0.3) is 5.65 Å². The van der Waals surface area contributed by atoms with Gasteiger partial charge >= 0.3 is 0 Å². The fraction of sp³-hybridized carbons (Fsp3) is 0.333. The van der Waals surface area contributed by atoms with E-state index in [1.165, 1.54) is 0 Å². The molecule has 4 aromatic rings. The van der Waals surface area contributed by atoms with Crippen LogP contribution >= 0.6 is 0 Å². The summed E-state index contributed by atoms with van der Waals surface area (Å²) in [6.07, 6.45) is 6.05. The fourth-order valence-corrected chi connectivity index (χ4v) is 4.64. The largest absolute Gasteiger partial charge is 0.496 e. The second-order valence-corrected chi connectivity index (χ2v) is 8.90. The van der Waals surface area contributed by atoms with Crippen LogP contribution in [0.5, 0.6) is 11.5 Å². The molecule has 6 nitrogen and oxygen atoms in total. The zero-order valence-corrected chi connectivity index (χ0v) is 21.4. The number of ether oxygens (including phenoxy) is 2. The molecule has 0 N–H and O–H groups in total. The molecule has 188 valence electrons. The number of nitrogens with zero attached hydrogens (tertiary/aromatic N) is 3. The van der Waals surface area contributed by atoms with Crippen molar-refractivity contribution in [3.8, 4) is 11.5 Å². The molecule has 0 spiro atoms. The lowest BCUT2D eigenvalue weighted by atomic mass is 9.91. The Kier molecular flexibility index (Phi) is 8.61. The molecule has 4 rings (SSSR count). The molecule has 1 amide bonds. The first-order chi connectivity index (χ1) is 17.7. The van der Waals surface area contributed by atoms with Crippen LogP contribution in [0.3, 0.4) is 0 Å². The molecule has 0 saturated heterocycles. The molecule has 0 saturated carbocycles. The summed E-state index contributed by atoms with van der Waals surface area (Å²) in [5, 5.41) is 0. The highest BCUT2D eigenvalue weighted by atomic mass is 16.5. The number of pyridine rings is 1. The minimum Gasteiger partial charge on any atom is -0.496 e. The molecule has 2 heterocycles. The summed E-state index contributed by atoms with van der Waals surface area (Å²) < 4.78 is 13.9. The summed E-state index contributed by atoms with van der Waals surface area (Å²) in [7, 11) is 1.67. The first kappa shape index (κ1) is 25.3. The van der Waals surface area contributed by atoms with Gasteiger partial charge in [0, 0.05) is 43.4 Å². The second-order valence-electron chi connectivity index (χ2n) is 8.90. The average Bonchev–Trinajstić information content (AvgIpc) is 3.35. The highest BCUT2D eigenvalue weighted by molar-refractivity contribution is 5.78. The maximum Gasteiger partial charge on any atom is 0.223 e. The molecule has 2 aromatic carbocycles. The van der Waals surface area contributed by atoms with Crippen molar-refractivity contribution in [2.45, 2.75) is 45.6 Å². The lowest BCUT2D eigenvalue weighted by molar-refractivity contribution is -0.131. The number of methoxy groups -OCH3 is 1. The van der Waals surface area contributed by atoms with Gasteiger partial charge < -0.3 is 18.8 Å². The van der Waals surface area contributed by atoms with Crippen LogP contribution in [-0.4, -0.2) is 40.4 Å². The van der Waals surface area contributed by atoms with Crippen LogP contribution in [0.15, 0.2) is 79.1 Å². The Morgan fingerprint density at radius 3 is 2.36 bits per heavy atom. The highest BCUT2D eigenvalue weighted by Gasteiger charge is 2.27. The predicted molar refractivity (Wildman–Crippen MR) is 143 cm³/mol. The van der Waals surface area contributed by atoms with Crippen molar-refractivity contribution in [2.75, 3.05) is 20.2 Å². The second kappa shape index (κ2) is 12.2. The van der Waals surface area contributed by atoms with Crippen molar-refractivity contribution >= 4 is 11.6 Å². The molecular formula is C30H35N3O3. The molecule has 0 radical (unpaired) electrons. The van der Waals surface area contributed by atoms with Crippen LogP contribution in [0.2, 0.25) is 0 Å². The summed E-state index contributed by atoms with van der Waals surface area (Å²) in [5.74, 6) is 1.39. The number of aromatic nitrogens is 2. The Morgan fingerprint density at radius 2 is 1.64 bits per heavy atom. The predicted octanol–water partition coefficient (Wildman–Crippen LogP) is 6.09. The third-order valence-electron chi connectivity index (χ3n) is 6.36. The molecule has 2 aromatic heterocycles. The molecule has 0 aliphatic heterocycles. The van der Waals surface area contributed by atoms with E-state index in [1.54, 1.807) is 7.11 Å². The van der Waals surface area contributed by atoms with Crippen molar-refractivity contribution in [2.24, 2.45) is 0 Å². The third-order valence-corrected chi connectivity index (χ3v) is 6.36. The van der Waals surface area contributed by atoms with E-state index >= 15 is 0 Å². The van der Waals surface area contributed by atoms with Crippen molar-refractivity contribution < 1.29 is 14.3 Å². The first-order valence-electron chi connectivity index (χ1n) is 12.7. The van der Waals surface area contributed by atoms with E-state index in [9.17, 15) is 4.79 Å². The number of para-hydroxylation sites is 1. The highest BCUT2D eigenvalue weighted by Crippen LogP contribution is 2.36. The van der Waals surface area contributed by atoms with Gasteiger partial charge in [0.15, 0.2) is 11.4 Å². The van der Waals surface area contributed by atoms with Crippen LogP contribution < -0.4 is 9.47 Å². The van der Waals surface area contributed by atoms with Gasteiger partial charge in [0.1, 0.15) is 12.4 Å². The number of carbonyl (C=O) groups is 1. The van der Waals surface area contributed by atoms with Crippen LogP contribution in [0.4, 0.5) is 0 Å². The number of rotatable bonds is 12. The third kappa shape index (κ3) is 5.70. The molecule has 1 atom stereocenters. The molecule has 0 fully saturated rings. The number of imidazole rings is 1. The van der Waals surface area contributed by atoms with Gasteiger partial charge in [0.05, 0.1) is 12.8 Å². The number of hydrogen-bond acceptors (Lipinski definition) is 4. The first-order valence-corrected chi connectivity index (χ1v) is 12.7. The zero-order chi connectivity index (χ0) is 25.3. The summed E-state index contributed by atoms with van der Waals surface area (Å²) in [5.41, 5.74) is 3.73. The quantitative estimate of drug-likeness (QED) is 0.244. The number of hydrogen-bond donors (Lipinski definition) is 0. The van der Waals surface area contributed by atoms with Crippen LogP contribution in [-0.2, 0) is 11.4 Å². The zero-order valence-electron chi connectivity index (χ0n) is 21.4. The molecular weight excluding hydrogens is 450 g/mol. The summed E-state index contributed by atoms with van der Waals surface area (Å²) in [6, 6.07) is 21.9. The number of fused-ring (bicyclic) bond motifs is 1. The van der Waals surface area contributed by atoms with Gasteiger partial charge in [-0.1, -0.05) is 62.4 Å². The SMILES string of the molecule is CCCN(CCC)C(=O)C[C@H](c1ccccc1OC)c1cnc2c(OCc3ccccc3)cccn12. The van der Waals surface area contributed by atoms with Gasteiger partial charge in [-0.2, -0.15) is 0 Å². The number of benzene rings is 2. The molecule has 0 unspecified atom stereocenters. The van der Waals surface area contributed by atoms with E-state index in [0.29, 0.717) is 18.8 Å². The maximum absolute atomic E-state index is 13.5. The van der Waals surface area contributed by atoms with E-state index in [0.717, 1.165) is 54.1 Å². The number of amides is 1. The fourth-order valence-electron chi connectivity index (χ4n) is 4.64. The van der Waals surface area contributed by atoms with Gasteiger partial charge in [0.2, 0.25) is 5.91 Å². The van der Waals surface area contributed by atoms with Crippen molar-refractivity contribution in [3.63, 3.8) is 0 Å². The van der Waals surface area contributed by atoms with Crippen molar-refractivity contribution in [1.82, 2.24) is 14.3 Å². The van der Waals surface area contributed by atoms with Gasteiger partial charge in [-0.15, -0.1) is 0 Å². The monoisotopic (exact) mass is 485 g/mol. The van der Waals surface area contributed by atoms with Crippen LogP contribution in [0, 0.1) is 0 Å². The minimum absolute atomic E-state index is 0.140. The normalized spacial score (nSPS) is 11.9. The Bertz CT molecular complexity index is 1260. The lowest BCUT2D eigenvalue weighted by Gasteiger charge is -2.25. The molecule has 36 heavy (non-hydrogen) atoms. The van der Waals surface area contributed by atoms with E-state index in [4.69, 9.17) is 14.5 Å². The lowest BCUT2D eigenvalue weighted by Crippen LogP contribution is -2.33. The van der Waals surface area contributed by atoms with E-state index in [1.807, 2.05) is 88.4 Å². The Labute approximate surface area is 213 Å². The maximum atomic E-state index is 13.5. The van der Waals surface area contributed by atoms with E-state index < -0.39 is 0 Å². The van der Waals surface area contributed by atoms with Gasteiger partial charge in [0.25, 0.3) is 0 Å². The molecule has 0 aliphatic carbocycles. The molecule has 0 bridgehead atoms. The smallest absolute Gasteiger partial charge is 0.223 e. The van der Waals surface area contributed by atoms with Crippen molar-refractivity contribution in [3.05, 3.63) is 95.9 Å². The Balaban J connectivity index is 1.71. The topological polar surface area (TPSA) is 56.1 Å². The Hall–Kier alpha value is -3.80. The molecule has 0 aliphatic rings. The van der Waals surface area contributed by atoms with Crippen LogP contribution in [0.1, 0.15) is 55.8 Å². The average molecular weight is 486 g/mol. The minimum atomic E-state index is -0.218. The van der Waals surface area contributed by atoms with Gasteiger partial charge in [-0.3, -0.25) is 4.79 Å². The number of carbonyl (C=O) groups excluding carboxylic acids is 1. The standard InChI is InChI=1S/C30H35N3O3/c1-4-17-32(18-5-2)29(34)20-25(24-14-9-10-15-27(24)35-3)26-21-31-30-28(16-11-19-33(26)30)36-22-23-12-7-6-8-13-23/h6-16,19,21,25H,4-5,17-18,20,22H2,1-3H3/t25-/m1/s1.